The van der Waals surface area contributed by atoms with Gasteiger partial charge in [0.1, 0.15) is 12.4 Å². The molecule has 0 amide bonds. The molecule has 0 bridgehead atoms. The van der Waals surface area contributed by atoms with E-state index in [-0.39, 0.29) is 0 Å². The molecule has 2 aromatic carbocycles. The Kier molecular flexibility index (Phi) is 6.11. The van der Waals surface area contributed by atoms with Crippen molar-refractivity contribution in [2.24, 2.45) is 0 Å². The maximum atomic E-state index is 5.75. The Bertz CT molecular complexity index is 1000. The quantitative estimate of drug-likeness (QED) is 0.610. The maximum Gasteiger partial charge on any atom is 0.203 e. The van der Waals surface area contributed by atoms with Gasteiger partial charge in [0.05, 0.1) is 13.6 Å². The summed E-state index contributed by atoms with van der Waals surface area (Å²) in [6, 6.07) is 19.2. The molecule has 1 fully saturated rings. The van der Waals surface area contributed by atoms with Gasteiger partial charge in [0.25, 0.3) is 0 Å². The average molecular weight is 409 g/mol. The van der Waals surface area contributed by atoms with E-state index in [1.807, 2.05) is 17.7 Å². The molecule has 0 saturated carbocycles. The minimum atomic E-state index is 0.760. The molecule has 0 radical (unpaired) electrons. The summed E-state index contributed by atoms with van der Waals surface area (Å²) < 4.78 is 4.89. The van der Waals surface area contributed by atoms with Crippen LogP contribution in [0.25, 0.3) is 0 Å². The summed E-state index contributed by atoms with van der Waals surface area (Å²) in [6.45, 7) is 6.86. The number of nitrogens with one attached hydrogen (secondary N) is 1. The van der Waals surface area contributed by atoms with Crippen molar-refractivity contribution in [3.8, 4) is 0 Å². The molecule has 3 aromatic rings. The van der Waals surface area contributed by atoms with Crippen LogP contribution in [0.15, 0.2) is 54.6 Å². The molecule has 2 heterocycles. The zero-order valence-corrected chi connectivity index (χ0v) is 18.2. The van der Waals surface area contributed by atoms with E-state index in [0.717, 1.165) is 30.4 Å². The van der Waals surface area contributed by atoms with Gasteiger partial charge in [0.2, 0.25) is 4.77 Å². The summed E-state index contributed by atoms with van der Waals surface area (Å²) in [6.07, 6.45) is 2.59. The van der Waals surface area contributed by atoms with Crippen LogP contribution in [0.1, 0.15) is 29.8 Å². The molecule has 0 aliphatic carbocycles. The number of hydrogen-bond acceptors (Lipinski definition) is 3. The van der Waals surface area contributed by atoms with Gasteiger partial charge in [-0.3, -0.25) is 4.57 Å². The number of quaternary nitrogens is 1. The highest BCUT2D eigenvalue weighted by atomic mass is 32.1. The molecular formula is C23H30N5S+. The highest BCUT2D eigenvalue weighted by Crippen LogP contribution is 2.23. The van der Waals surface area contributed by atoms with Crippen molar-refractivity contribution < 1.29 is 4.90 Å². The fraction of sp³-hybridized carbons (Fsp3) is 0.391. The smallest absolute Gasteiger partial charge is 0.203 e. The van der Waals surface area contributed by atoms with Crippen molar-refractivity contribution in [3.05, 3.63) is 76.3 Å². The summed E-state index contributed by atoms with van der Waals surface area (Å²) in [5, 5.41) is 4.73. The Morgan fingerprint density at radius 1 is 1.00 bits per heavy atom. The highest BCUT2D eigenvalue weighted by Gasteiger charge is 2.18. The molecule has 29 heavy (non-hydrogen) atoms. The Hall–Kier alpha value is -2.44. The second-order valence-corrected chi connectivity index (χ2v) is 8.38. The van der Waals surface area contributed by atoms with Crippen molar-refractivity contribution >= 4 is 17.9 Å². The van der Waals surface area contributed by atoms with Crippen LogP contribution < -0.4 is 9.80 Å². The van der Waals surface area contributed by atoms with Crippen LogP contribution in [0, 0.1) is 11.7 Å². The molecule has 1 N–H and O–H groups in total. The van der Waals surface area contributed by atoms with Crippen molar-refractivity contribution in [2.75, 3.05) is 25.0 Å². The monoisotopic (exact) mass is 408 g/mol. The fourth-order valence-corrected chi connectivity index (χ4v) is 4.47. The summed E-state index contributed by atoms with van der Waals surface area (Å²) in [5.74, 6) is 0.962. The normalized spacial score (nSPS) is 15.0. The number of rotatable bonds is 7. The van der Waals surface area contributed by atoms with Gasteiger partial charge in [0, 0.05) is 24.3 Å². The third-order valence-electron chi connectivity index (χ3n) is 5.64. The zero-order valence-electron chi connectivity index (χ0n) is 17.3. The predicted octanol–water partition coefficient (Wildman–Crippen LogP) is 3.04. The van der Waals surface area contributed by atoms with Gasteiger partial charge in [-0.15, -0.1) is 0 Å². The molecule has 1 atom stereocenters. The molecule has 5 nitrogen and oxygen atoms in total. The Balaban J connectivity index is 1.48. The van der Waals surface area contributed by atoms with E-state index in [1.165, 1.54) is 47.6 Å². The molecule has 1 saturated heterocycles. The lowest BCUT2D eigenvalue weighted by Gasteiger charge is -2.23. The molecule has 1 aliphatic rings. The minimum Gasteiger partial charge on any atom is -0.371 e. The lowest BCUT2D eigenvalue weighted by Crippen LogP contribution is -3.07. The number of aromatic nitrogens is 3. The van der Waals surface area contributed by atoms with Crippen LogP contribution in [0.3, 0.4) is 0 Å². The number of nitrogens with zero attached hydrogens (tertiary/aromatic N) is 4. The third kappa shape index (κ3) is 4.60. The summed E-state index contributed by atoms with van der Waals surface area (Å²) in [4.78, 5) is 3.89. The van der Waals surface area contributed by atoms with Crippen LogP contribution in [0.5, 0.6) is 0 Å². The van der Waals surface area contributed by atoms with Crippen molar-refractivity contribution in [1.82, 2.24) is 14.3 Å². The molecule has 6 heteroatoms. The van der Waals surface area contributed by atoms with E-state index in [0.29, 0.717) is 0 Å². The van der Waals surface area contributed by atoms with Crippen LogP contribution in [0.4, 0.5) is 5.69 Å². The summed E-state index contributed by atoms with van der Waals surface area (Å²) in [5.41, 5.74) is 4.03. The minimum absolute atomic E-state index is 0.760. The van der Waals surface area contributed by atoms with Gasteiger partial charge < -0.3 is 9.80 Å². The Morgan fingerprint density at radius 2 is 1.69 bits per heavy atom. The SMILES string of the molecule is Cc1nn(C[NH+](C)Cc2ccccc2N2CCCC2)c(=S)n1Cc1ccccc1. The predicted molar refractivity (Wildman–Crippen MR) is 120 cm³/mol. The van der Waals surface area contributed by atoms with E-state index >= 15 is 0 Å². The second-order valence-electron chi connectivity index (χ2n) is 8.02. The molecule has 1 aromatic heterocycles. The fourth-order valence-electron chi connectivity index (χ4n) is 4.16. The van der Waals surface area contributed by atoms with E-state index < -0.39 is 0 Å². The number of aryl methyl sites for hydroxylation is 1. The van der Waals surface area contributed by atoms with Crippen molar-refractivity contribution in [2.45, 2.75) is 39.5 Å². The van der Waals surface area contributed by atoms with Crippen LogP contribution in [-0.4, -0.2) is 34.5 Å². The first-order chi connectivity index (χ1) is 14.1. The van der Waals surface area contributed by atoms with Gasteiger partial charge in [-0.1, -0.05) is 48.5 Å². The van der Waals surface area contributed by atoms with Gasteiger partial charge >= 0.3 is 0 Å². The number of hydrogen-bond donors (Lipinski definition) is 1. The summed E-state index contributed by atoms with van der Waals surface area (Å²) in [7, 11) is 2.22. The van der Waals surface area contributed by atoms with Gasteiger partial charge in [-0.2, -0.15) is 9.78 Å². The van der Waals surface area contributed by atoms with Gasteiger partial charge in [-0.05, 0) is 43.6 Å². The van der Waals surface area contributed by atoms with Gasteiger partial charge in [-0.25, -0.2) is 0 Å². The highest BCUT2D eigenvalue weighted by molar-refractivity contribution is 7.71. The Labute approximate surface area is 178 Å². The van der Waals surface area contributed by atoms with E-state index in [2.05, 4.69) is 65.0 Å². The van der Waals surface area contributed by atoms with E-state index in [1.54, 1.807) is 0 Å². The van der Waals surface area contributed by atoms with E-state index in [9.17, 15) is 0 Å². The molecule has 1 aliphatic heterocycles. The topological polar surface area (TPSA) is 30.4 Å². The van der Waals surface area contributed by atoms with E-state index in [4.69, 9.17) is 17.3 Å². The second kappa shape index (κ2) is 8.93. The maximum absolute atomic E-state index is 5.75. The summed E-state index contributed by atoms with van der Waals surface area (Å²) >= 11 is 5.75. The van der Waals surface area contributed by atoms with Crippen molar-refractivity contribution in [3.63, 3.8) is 0 Å². The van der Waals surface area contributed by atoms with Crippen LogP contribution in [-0.2, 0) is 19.8 Å². The largest absolute Gasteiger partial charge is 0.371 e. The zero-order chi connectivity index (χ0) is 20.2. The average Bonchev–Trinajstić information content (AvgIpc) is 3.34. The number of para-hydroxylation sites is 1. The molecule has 4 rings (SSSR count). The lowest BCUT2D eigenvalue weighted by atomic mass is 10.1. The standard InChI is InChI=1S/C23H29N5S/c1-19-24-28(23(29)27(19)16-20-10-4-3-5-11-20)18-25(2)17-21-12-6-7-13-22(21)26-14-8-9-15-26/h3-7,10-13H,8-9,14-18H2,1-2H3/p+1. The molecular weight excluding hydrogens is 378 g/mol. The number of benzene rings is 2. The van der Waals surface area contributed by atoms with Crippen LogP contribution >= 0.6 is 12.2 Å². The van der Waals surface area contributed by atoms with Crippen molar-refractivity contribution in [1.29, 1.82) is 0 Å². The van der Waals surface area contributed by atoms with Gasteiger partial charge in [0.15, 0.2) is 6.67 Å². The number of anilines is 1. The molecule has 1 unspecified atom stereocenters. The first-order valence-electron chi connectivity index (χ1n) is 10.4. The Morgan fingerprint density at radius 3 is 2.45 bits per heavy atom. The molecule has 152 valence electrons. The first kappa shape index (κ1) is 19.9. The first-order valence-corrected chi connectivity index (χ1v) is 10.8. The third-order valence-corrected chi connectivity index (χ3v) is 6.07. The van der Waals surface area contributed by atoms with Crippen LogP contribution in [0.2, 0.25) is 0 Å². The molecule has 0 spiro atoms. The lowest BCUT2D eigenvalue weighted by molar-refractivity contribution is -0.917.